The number of halogens is 2. The van der Waals surface area contributed by atoms with Crippen molar-refractivity contribution in [3.8, 4) is 17.0 Å². The second-order valence-corrected chi connectivity index (χ2v) is 11.3. The molecule has 196 valence electrons. The molecule has 2 aromatic carbocycles. The van der Waals surface area contributed by atoms with Gasteiger partial charge in [-0.15, -0.1) is 0 Å². The number of nitrogens with zero attached hydrogens (tertiary/aromatic N) is 4. The van der Waals surface area contributed by atoms with Crippen LogP contribution in [-0.2, 0) is 16.4 Å². The maximum absolute atomic E-state index is 14.9. The highest BCUT2D eigenvalue weighted by Crippen LogP contribution is 2.39. The van der Waals surface area contributed by atoms with E-state index in [1.807, 2.05) is 18.7 Å². The second kappa shape index (κ2) is 10.3. The summed E-state index contributed by atoms with van der Waals surface area (Å²) in [6.45, 7) is 7.10. The number of benzene rings is 2. The maximum Gasteiger partial charge on any atom is 0.243 e. The van der Waals surface area contributed by atoms with Gasteiger partial charge in [-0.3, -0.25) is 0 Å². The van der Waals surface area contributed by atoms with Gasteiger partial charge in [0.15, 0.2) is 17.4 Å². The van der Waals surface area contributed by atoms with Gasteiger partial charge in [-0.1, -0.05) is 12.1 Å². The Balaban J connectivity index is 1.40. The van der Waals surface area contributed by atoms with Crippen LogP contribution in [0.15, 0.2) is 47.5 Å². The van der Waals surface area contributed by atoms with Crippen LogP contribution in [0.3, 0.4) is 0 Å². The summed E-state index contributed by atoms with van der Waals surface area (Å²) in [5.74, 6) is -0.731. The molecule has 0 unspecified atom stereocenters. The van der Waals surface area contributed by atoms with Crippen LogP contribution in [0.1, 0.15) is 25.2 Å². The summed E-state index contributed by atoms with van der Waals surface area (Å²) in [6.07, 6.45) is 1.34. The lowest BCUT2D eigenvalue weighted by Crippen LogP contribution is -2.46. The number of sulfonamides is 1. The van der Waals surface area contributed by atoms with Gasteiger partial charge in [0.25, 0.3) is 0 Å². The van der Waals surface area contributed by atoms with E-state index < -0.39 is 21.7 Å². The van der Waals surface area contributed by atoms with Crippen LogP contribution in [0.4, 0.5) is 14.5 Å². The van der Waals surface area contributed by atoms with Gasteiger partial charge in [-0.2, -0.15) is 4.31 Å². The van der Waals surface area contributed by atoms with Crippen LogP contribution in [0.5, 0.6) is 5.75 Å². The van der Waals surface area contributed by atoms with Gasteiger partial charge in [0.2, 0.25) is 10.0 Å². The third-order valence-corrected chi connectivity index (χ3v) is 8.52. The topological polar surface area (TPSA) is 87.7 Å². The number of nitrogens with one attached hydrogen (secondary N) is 1. The van der Waals surface area contributed by atoms with Gasteiger partial charge >= 0.3 is 0 Å². The molecule has 37 heavy (non-hydrogen) atoms. The Labute approximate surface area is 215 Å². The van der Waals surface area contributed by atoms with Gasteiger partial charge < -0.3 is 15.0 Å². The van der Waals surface area contributed by atoms with Gasteiger partial charge in [-0.05, 0) is 43.7 Å². The fourth-order valence-electron chi connectivity index (χ4n) is 4.66. The minimum atomic E-state index is -3.56. The first-order valence-electron chi connectivity index (χ1n) is 12.3. The fraction of sp³-hybridized carbons (Fsp3) is 0.385. The Bertz CT molecular complexity index is 1390. The first-order chi connectivity index (χ1) is 17.7. The summed E-state index contributed by atoms with van der Waals surface area (Å²) in [7, 11) is -3.56. The SMILES string of the molecule is CC(C)N1CCOc2c(F)cc(-c3nc(Cc4ccc(S(=O)(=O)N5CCNCC5)cc4)ncc3F)cc21. The minimum Gasteiger partial charge on any atom is -0.486 e. The molecule has 1 saturated heterocycles. The summed E-state index contributed by atoms with van der Waals surface area (Å²) in [5, 5.41) is 3.14. The molecule has 1 N–H and O–H groups in total. The number of rotatable bonds is 6. The average molecular weight is 530 g/mol. The van der Waals surface area contributed by atoms with Crippen molar-refractivity contribution in [3.05, 3.63) is 65.6 Å². The van der Waals surface area contributed by atoms with E-state index in [0.717, 1.165) is 11.8 Å². The van der Waals surface area contributed by atoms with Gasteiger partial charge in [-0.25, -0.2) is 27.2 Å². The Morgan fingerprint density at radius 1 is 1.05 bits per heavy atom. The molecule has 0 aliphatic carbocycles. The molecule has 2 aliphatic rings. The smallest absolute Gasteiger partial charge is 0.243 e. The second-order valence-electron chi connectivity index (χ2n) is 9.40. The van der Waals surface area contributed by atoms with E-state index in [1.165, 1.54) is 10.4 Å². The van der Waals surface area contributed by atoms with Crippen LogP contribution in [0.25, 0.3) is 11.3 Å². The van der Waals surface area contributed by atoms with E-state index in [1.54, 1.807) is 30.3 Å². The zero-order chi connectivity index (χ0) is 26.2. The molecule has 0 bridgehead atoms. The highest BCUT2D eigenvalue weighted by atomic mass is 32.2. The molecule has 1 fully saturated rings. The summed E-state index contributed by atoms with van der Waals surface area (Å²) in [5.41, 5.74) is 1.63. The average Bonchev–Trinajstić information content (AvgIpc) is 2.90. The number of piperazine rings is 1. The van der Waals surface area contributed by atoms with Crippen LogP contribution in [0, 0.1) is 11.6 Å². The standard InChI is InChI=1S/C26H29F2N5O3S/c1-17(2)33-11-12-36-26-21(27)14-19(15-23(26)33)25-22(28)16-30-24(31-25)13-18-3-5-20(6-4-18)37(34,35)32-9-7-29-8-10-32/h3-6,14-17,29H,7-13H2,1-2H3. The lowest BCUT2D eigenvalue weighted by Gasteiger charge is -2.34. The lowest BCUT2D eigenvalue weighted by atomic mass is 10.1. The van der Waals surface area contributed by atoms with E-state index in [-0.39, 0.29) is 28.8 Å². The van der Waals surface area contributed by atoms with Crippen molar-refractivity contribution in [2.75, 3.05) is 44.2 Å². The number of aromatic nitrogens is 2. The zero-order valence-corrected chi connectivity index (χ0v) is 21.6. The molecule has 3 aromatic rings. The third-order valence-electron chi connectivity index (χ3n) is 6.60. The summed E-state index contributed by atoms with van der Waals surface area (Å²) in [4.78, 5) is 10.7. The monoisotopic (exact) mass is 529 g/mol. The molecule has 0 spiro atoms. The van der Waals surface area contributed by atoms with Crippen LogP contribution in [-0.4, -0.2) is 68.1 Å². The van der Waals surface area contributed by atoms with Crippen LogP contribution >= 0.6 is 0 Å². The molecule has 8 nitrogen and oxygen atoms in total. The molecule has 11 heteroatoms. The highest BCUT2D eigenvalue weighted by Gasteiger charge is 2.27. The van der Waals surface area contributed by atoms with Crippen molar-refractivity contribution in [1.82, 2.24) is 19.6 Å². The Hall–Kier alpha value is -3.15. The molecular formula is C26H29F2N5O3S. The third kappa shape index (κ3) is 5.16. The molecule has 3 heterocycles. The molecule has 0 amide bonds. The summed E-state index contributed by atoms with van der Waals surface area (Å²) >= 11 is 0. The fourth-order valence-corrected chi connectivity index (χ4v) is 6.10. The van der Waals surface area contributed by atoms with Crippen molar-refractivity contribution in [2.24, 2.45) is 0 Å². The largest absolute Gasteiger partial charge is 0.486 e. The van der Waals surface area contributed by atoms with E-state index in [9.17, 15) is 17.2 Å². The molecule has 1 aromatic heterocycles. The van der Waals surface area contributed by atoms with Crippen LogP contribution < -0.4 is 15.0 Å². The first kappa shape index (κ1) is 25.5. The number of fused-ring (bicyclic) bond motifs is 1. The van der Waals surface area contributed by atoms with E-state index in [2.05, 4.69) is 15.3 Å². The molecule has 2 aliphatic heterocycles. The molecule has 0 radical (unpaired) electrons. The van der Waals surface area contributed by atoms with Crippen molar-refractivity contribution in [3.63, 3.8) is 0 Å². The van der Waals surface area contributed by atoms with Crippen molar-refractivity contribution in [1.29, 1.82) is 0 Å². The first-order valence-corrected chi connectivity index (χ1v) is 13.7. The quantitative estimate of drug-likeness (QED) is 0.525. The van der Waals surface area contributed by atoms with Gasteiger partial charge in [0.1, 0.15) is 18.1 Å². The van der Waals surface area contributed by atoms with Gasteiger partial charge in [0, 0.05) is 44.2 Å². The summed E-state index contributed by atoms with van der Waals surface area (Å²) in [6, 6.07) is 9.58. The number of hydrogen-bond acceptors (Lipinski definition) is 7. The predicted octanol–water partition coefficient (Wildman–Crippen LogP) is 3.21. The maximum atomic E-state index is 14.9. The molecule has 5 rings (SSSR count). The predicted molar refractivity (Wildman–Crippen MR) is 136 cm³/mol. The number of hydrogen-bond donors (Lipinski definition) is 1. The minimum absolute atomic E-state index is 0.00103. The van der Waals surface area contributed by atoms with Gasteiger partial charge in [0.05, 0.1) is 23.3 Å². The molecule has 0 saturated carbocycles. The van der Waals surface area contributed by atoms with E-state index >= 15 is 0 Å². The Morgan fingerprint density at radius 2 is 1.78 bits per heavy atom. The van der Waals surface area contributed by atoms with Crippen molar-refractivity contribution >= 4 is 15.7 Å². The lowest BCUT2D eigenvalue weighted by molar-refractivity contribution is 0.287. The number of anilines is 1. The van der Waals surface area contributed by atoms with Crippen LogP contribution in [0.2, 0.25) is 0 Å². The highest BCUT2D eigenvalue weighted by molar-refractivity contribution is 7.89. The Kier molecular flexibility index (Phi) is 7.11. The molecular weight excluding hydrogens is 500 g/mol. The summed E-state index contributed by atoms with van der Waals surface area (Å²) < 4.78 is 62.5. The Morgan fingerprint density at radius 3 is 2.49 bits per heavy atom. The van der Waals surface area contributed by atoms with Crippen molar-refractivity contribution < 1.29 is 21.9 Å². The number of ether oxygens (including phenoxy) is 1. The molecule has 0 atom stereocenters. The normalized spacial score (nSPS) is 16.5. The zero-order valence-electron chi connectivity index (χ0n) is 20.7. The van der Waals surface area contributed by atoms with E-state index in [0.29, 0.717) is 56.4 Å². The van der Waals surface area contributed by atoms with Crippen molar-refractivity contribution in [2.45, 2.75) is 31.2 Å². The van der Waals surface area contributed by atoms with E-state index in [4.69, 9.17) is 4.74 Å².